The molecule has 0 aliphatic heterocycles. The SMILES string of the molecule is CC(C)(c1cccc(-c2[c-]ccc(-c3c(F)c(F)c(F)c(F)c3F)c2)n1)c1cccc(-c2[c-]ccc(-c3c(F)c(F)c(F)c(F)c3F)c2)n1.[Pt+2]. The zero-order valence-electron chi connectivity index (χ0n) is 25.4. The zero-order chi connectivity index (χ0) is 35.4. The van der Waals surface area contributed by atoms with Crippen LogP contribution in [0.3, 0.4) is 0 Å². The fourth-order valence-corrected chi connectivity index (χ4v) is 5.25. The fourth-order valence-electron chi connectivity index (χ4n) is 5.25. The first-order valence-electron chi connectivity index (χ1n) is 14.2. The van der Waals surface area contributed by atoms with E-state index in [0.29, 0.717) is 11.4 Å². The van der Waals surface area contributed by atoms with E-state index in [2.05, 4.69) is 22.1 Å². The standard InChI is InChI=1S/C37H18F10N2.Pt/c1-37(2,23-13-5-11-21(48-23)17-7-3-9-19(15-17)25-27(38)31(42)35(46)32(43)28(25)39)24-14-6-12-22(49-24)18-8-4-10-20(16-18)26-29(40)33(44)36(47)34(45)30(26)41;/h3-6,9-16H,1-2H3;/q-2;+2. The molecule has 0 bridgehead atoms. The summed E-state index contributed by atoms with van der Waals surface area (Å²) in [6.07, 6.45) is 0. The van der Waals surface area contributed by atoms with Gasteiger partial charge in [0.25, 0.3) is 0 Å². The summed E-state index contributed by atoms with van der Waals surface area (Å²) in [5, 5.41) is 0. The van der Waals surface area contributed by atoms with Gasteiger partial charge >= 0.3 is 21.1 Å². The quantitative estimate of drug-likeness (QED) is 0.0721. The minimum Gasteiger partial charge on any atom is -0.300 e. The predicted molar refractivity (Wildman–Crippen MR) is 160 cm³/mol. The van der Waals surface area contributed by atoms with E-state index in [-0.39, 0.29) is 54.7 Å². The van der Waals surface area contributed by atoms with Crippen molar-refractivity contribution < 1.29 is 65.0 Å². The number of hydrogen-bond donors (Lipinski definition) is 0. The van der Waals surface area contributed by atoms with Crippen LogP contribution in [0.5, 0.6) is 0 Å². The summed E-state index contributed by atoms with van der Waals surface area (Å²) in [5.74, 6) is -20.8. The second-order valence-electron chi connectivity index (χ2n) is 11.3. The molecule has 13 heteroatoms. The van der Waals surface area contributed by atoms with Crippen LogP contribution >= 0.6 is 0 Å². The van der Waals surface area contributed by atoms with Gasteiger partial charge in [-0.15, -0.1) is 59.7 Å². The summed E-state index contributed by atoms with van der Waals surface area (Å²) >= 11 is 0. The molecule has 0 aliphatic carbocycles. The van der Waals surface area contributed by atoms with Gasteiger partial charge in [0.1, 0.15) is 0 Å². The van der Waals surface area contributed by atoms with Crippen LogP contribution in [-0.4, -0.2) is 9.97 Å². The van der Waals surface area contributed by atoms with E-state index in [1.165, 1.54) is 24.3 Å². The summed E-state index contributed by atoms with van der Waals surface area (Å²) in [5.41, 5.74) is -2.04. The Hall–Kier alpha value is -4.83. The molecule has 50 heavy (non-hydrogen) atoms. The van der Waals surface area contributed by atoms with E-state index < -0.39 is 74.7 Å². The largest absolute Gasteiger partial charge is 2.00 e. The van der Waals surface area contributed by atoms with E-state index in [4.69, 9.17) is 0 Å². The average molecular weight is 876 g/mol. The molecule has 6 rings (SSSR count). The van der Waals surface area contributed by atoms with Crippen molar-refractivity contribution in [3.63, 3.8) is 0 Å². The molecule has 2 heterocycles. The van der Waals surface area contributed by atoms with Crippen LogP contribution in [-0.2, 0) is 26.5 Å². The van der Waals surface area contributed by atoms with E-state index in [9.17, 15) is 43.9 Å². The number of hydrogen-bond acceptors (Lipinski definition) is 2. The number of halogens is 10. The molecule has 2 nitrogen and oxygen atoms in total. The van der Waals surface area contributed by atoms with Crippen molar-refractivity contribution in [2.45, 2.75) is 19.3 Å². The molecule has 0 unspecified atom stereocenters. The Kier molecular flexibility index (Phi) is 10.1. The van der Waals surface area contributed by atoms with Gasteiger partial charge in [-0.25, -0.2) is 43.9 Å². The molecule has 0 saturated carbocycles. The first kappa shape index (κ1) is 36.4. The van der Waals surface area contributed by atoms with Crippen LogP contribution < -0.4 is 0 Å². The molecule has 0 spiro atoms. The Morgan fingerprint density at radius 1 is 0.460 bits per heavy atom. The van der Waals surface area contributed by atoms with Crippen molar-refractivity contribution in [3.8, 4) is 44.8 Å². The molecule has 256 valence electrons. The van der Waals surface area contributed by atoms with Crippen molar-refractivity contribution in [3.05, 3.63) is 154 Å². The summed E-state index contributed by atoms with van der Waals surface area (Å²) in [6, 6.07) is 22.6. The van der Waals surface area contributed by atoms with Crippen molar-refractivity contribution in [2.75, 3.05) is 0 Å². The van der Waals surface area contributed by atoms with E-state index in [1.54, 1.807) is 50.2 Å². The first-order valence-corrected chi connectivity index (χ1v) is 14.2. The third kappa shape index (κ3) is 6.21. The smallest absolute Gasteiger partial charge is 0.300 e. The van der Waals surface area contributed by atoms with Crippen molar-refractivity contribution >= 4 is 0 Å². The third-order valence-corrected chi connectivity index (χ3v) is 7.93. The van der Waals surface area contributed by atoms with E-state index >= 15 is 0 Å². The van der Waals surface area contributed by atoms with Gasteiger partial charge in [-0.2, -0.15) is 0 Å². The zero-order valence-corrected chi connectivity index (χ0v) is 27.7. The molecular weight excluding hydrogens is 857 g/mol. The predicted octanol–water partition coefficient (Wildman–Crippen LogP) is 10.5. The summed E-state index contributed by atoms with van der Waals surface area (Å²) in [7, 11) is 0. The minimum atomic E-state index is -2.28. The molecule has 2 aromatic heterocycles. The van der Waals surface area contributed by atoms with Crippen LogP contribution in [0.4, 0.5) is 43.9 Å². The number of aromatic nitrogens is 2. The monoisotopic (exact) mass is 875 g/mol. The van der Waals surface area contributed by atoms with Crippen molar-refractivity contribution in [1.82, 2.24) is 9.97 Å². The van der Waals surface area contributed by atoms with Gasteiger partial charge in [-0.1, -0.05) is 35.4 Å². The van der Waals surface area contributed by atoms with Crippen LogP contribution in [0, 0.1) is 70.3 Å². The molecule has 0 radical (unpaired) electrons. The molecule has 0 amide bonds. The van der Waals surface area contributed by atoms with E-state index in [1.807, 2.05) is 0 Å². The summed E-state index contributed by atoms with van der Waals surface area (Å²) in [6.45, 7) is 3.55. The van der Waals surface area contributed by atoms with Gasteiger partial charge < -0.3 is 9.97 Å². The van der Waals surface area contributed by atoms with Gasteiger partial charge in [-0.05, 0) is 37.4 Å². The molecule has 0 fully saturated rings. The van der Waals surface area contributed by atoms with Crippen molar-refractivity contribution in [1.29, 1.82) is 0 Å². The van der Waals surface area contributed by atoms with Gasteiger partial charge in [-0.3, -0.25) is 0 Å². The number of nitrogens with zero attached hydrogens (tertiary/aromatic N) is 2. The molecule has 0 aliphatic rings. The second kappa shape index (κ2) is 13.8. The summed E-state index contributed by atoms with van der Waals surface area (Å²) < 4.78 is 141. The van der Waals surface area contributed by atoms with Gasteiger partial charge in [0.15, 0.2) is 46.5 Å². The second-order valence-corrected chi connectivity index (χ2v) is 11.3. The number of rotatable bonds is 6. The van der Waals surface area contributed by atoms with Gasteiger partial charge in [0, 0.05) is 27.9 Å². The van der Waals surface area contributed by atoms with Crippen LogP contribution in [0.15, 0.2) is 72.8 Å². The maximum absolute atomic E-state index is 14.5. The van der Waals surface area contributed by atoms with Crippen LogP contribution in [0.2, 0.25) is 0 Å². The molecule has 0 saturated heterocycles. The normalized spacial score (nSPS) is 11.4. The molecule has 6 aromatic rings. The topological polar surface area (TPSA) is 25.8 Å². The maximum atomic E-state index is 14.5. The number of benzene rings is 4. The summed E-state index contributed by atoms with van der Waals surface area (Å²) in [4.78, 5) is 9.32. The molecule has 0 N–H and O–H groups in total. The Balaban J connectivity index is 0.00000486. The van der Waals surface area contributed by atoms with E-state index in [0.717, 1.165) is 12.1 Å². The fraction of sp³-hybridized carbons (Fsp3) is 0.0811. The number of pyridine rings is 2. The Bertz CT molecular complexity index is 2070. The van der Waals surface area contributed by atoms with Crippen molar-refractivity contribution in [2.24, 2.45) is 0 Å². The first-order chi connectivity index (χ1) is 23.2. The molecular formula is C37H18F10N2Pt. The molecule has 0 atom stereocenters. The average Bonchev–Trinajstić information content (AvgIpc) is 3.12. The Labute approximate surface area is 292 Å². The third-order valence-electron chi connectivity index (χ3n) is 7.93. The van der Waals surface area contributed by atoms with Crippen LogP contribution in [0.1, 0.15) is 25.2 Å². The minimum absolute atomic E-state index is 0. The van der Waals surface area contributed by atoms with Crippen LogP contribution in [0.25, 0.3) is 44.8 Å². The van der Waals surface area contributed by atoms with Gasteiger partial charge in [0.05, 0.1) is 0 Å². The van der Waals surface area contributed by atoms with Gasteiger partial charge in [0.2, 0.25) is 11.6 Å². The molecule has 4 aromatic carbocycles. The maximum Gasteiger partial charge on any atom is 2.00 e. The Morgan fingerprint density at radius 2 is 0.780 bits per heavy atom. The Morgan fingerprint density at radius 3 is 1.12 bits per heavy atom.